The fourth-order valence-corrected chi connectivity index (χ4v) is 3.65. The summed E-state index contributed by atoms with van der Waals surface area (Å²) in [6, 6.07) is 15.1. The minimum absolute atomic E-state index is 0.181. The van der Waals surface area contributed by atoms with Crippen LogP contribution in [0.5, 0.6) is 0 Å². The maximum absolute atomic E-state index is 13.0. The highest BCUT2D eigenvalue weighted by molar-refractivity contribution is 6.30. The maximum Gasteiger partial charge on any atom is 0.295 e. The van der Waals surface area contributed by atoms with Crippen LogP contribution in [0.3, 0.4) is 0 Å². The van der Waals surface area contributed by atoms with Gasteiger partial charge in [-0.3, -0.25) is 9.59 Å². The van der Waals surface area contributed by atoms with E-state index in [0.717, 1.165) is 22.5 Å². The molecule has 2 aromatic heterocycles. The largest absolute Gasteiger partial charge is 0.350 e. The number of nitrogens with one attached hydrogen (secondary N) is 1. The molecule has 2 heterocycles. The Kier molecular flexibility index (Phi) is 5.61. The second-order valence-corrected chi connectivity index (χ2v) is 7.94. The molecule has 2 aromatic carbocycles. The van der Waals surface area contributed by atoms with E-state index in [1.807, 2.05) is 57.2 Å². The van der Waals surface area contributed by atoms with E-state index < -0.39 is 5.56 Å². The fraction of sp³-hybridized carbons (Fsp3) is 0.217. The Morgan fingerprint density at radius 1 is 1.00 bits per heavy atom. The summed E-state index contributed by atoms with van der Waals surface area (Å²) in [7, 11) is 0. The molecule has 0 spiro atoms. The van der Waals surface area contributed by atoms with Gasteiger partial charge in [-0.2, -0.15) is 10.2 Å². The van der Waals surface area contributed by atoms with Crippen LogP contribution < -0.4 is 10.9 Å². The van der Waals surface area contributed by atoms with Gasteiger partial charge in [0.05, 0.1) is 22.5 Å². The van der Waals surface area contributed by atoms with Crippen molar-refractivity contribution in [2.24, 2.45) is 0 Å². The minimum atomic E-state index is -0.392. The standard InChI is InChI=1S/C23H22ClN5O2/c1-14-4-10-19(11-5-14)29-16(3)21-15(2)26-28(23(31)22(21)27-29)13-20(30)25-12-17-6-8-18(24)9-7-17/h4-11H,12-13H2,1-3H3,(H,25,30). The van der Waals surface area contributed by atoms with Crippen LogP contribution in [-0.4, -0.2) is 25.5 Å². The number of fused-ring (bicyclic) bond motifs is 1. The quantitative estimate of drug-likeness (QED) is 0.520. The Morgan fingerprint density at radius 3 is 2.35 bits per heavy atom. The lowest BCUT2D eigenvalue weighted by Gasteiger charge is -2.08. The van der Waals surface area contributed by atoms with Crippen molar-refractivity contribution in [1.82, 2.24) is 24.9 Å². The molecule has 1 amide bonds. The van der Waals surface area contributed by atoms with Gasteiger partial charge in [-0.15, -0.1) is 0 Å². The first-order chi connectivity index (χ1) is 14.8. The number of hydrogen-bond acceptors (Lipinski definition) is 4. The molecule has 0 radical (unpaired) electrons. The predicted octanol–water partition coefficient (Wildman–Crippen LogP) is 3.48. The van der Waals surface area contributed by atoms with Crippen molar-refractivity contribution in [2.75, 3.05) is 0 Å². The number of nitrogens with zero attached hydrogens (tertiary/aromatic N) is 4. The number of carbonyl (C=O) groups is 1. The van der Waals surface area contributed by atoms with E-state index in [2.05, 4.69) is 15.5 Å². The number of aryl methyl sites for hydroxylation is 3. The third-order valence-corrected chi connectivity index (χ3v) is 5.41. The summed E-state index contributed by atoms with van der Waals surface area (Å²) in [5.74, 6) is -0.307. The molecule has 31 heavy (non-hydrogen) atoms. The predicted molar refractivity (Wildman–Crippen MR) is 121 cm³/mol. The van der Waals surface area contributed by atoms with Crippen molar-refractivity contribution < 1.29 is 4.79 Å². The highest BCUT2D eigenvalue weighted by Gasteiger charge is 2.18. The number of rotatable bonds is 5. The van der Waals surface area contributed by atoms with Gasteiger partial charge in [-0.05, 0) is 50.6 Å². The molecule has 158 valence electrons. The lowest BCUT2D eigenvalue weighted by molar-refractivity contribution is -0.122. The molecule has 0 bridgehead atoms. The van der Waals surface area contributed by atoms with Crippen LogP contribution in [0, 0.1) is 20.8 Å². The molecule has 0 aliphatic carbocycles. The molecule has 0 fully saturated rings. The van der Waals surface area contributed by atoms with E-state index in [9.17, 15) is 9.59 Å². The maximum atomic E-state index is 13.0. The molecular formula is C23H22ClN5O2. The number of carbonyl (C=O) groups excluding carboxylic acids is 1. The number of amides is 1. The lowest BCUT2D eigenvalue weighted by Crippen LogP contribution is -2.34. The summed E-state index contributed by atoms with van der Waals surface area (Å²) >= 11 is 5.88. The second-order valence-electron chi connectivity index (χ2n) is 7.51. The zero-order chi connectivity index (χ0) is 22.1. The topological polar surface area (TPSA) is 81.8 Å². The molecule has 0 unspecified atom stereocenters. The Labute approximate surface area is 184 Å². The molecule has 0 saturated carbocycles. The first kappa shape index (κ1) is 20.8. The normalized spacial score (nSPS) is 11.1. The number of benzene rings is 2. The lowest BCUT2D eigenvalue weighted by atomic mass is 10.2. The van der Waals surface area contributed by atoms with Crippen molar-refractivity contribution in [3.63, 3.8) is 0 Å². The molecule has 4 rings (SSSR count). The summed E-state index contributed by atoms with van der Waals surface area (Å²) in [6.07, 6.45) is 0. The van der Waals surface area contributed by atoms with Crippen molar-refractivity contribution in [3.05, 3.63) is 86.4 Å². The Bertz CT molecular complexity index is 1320. The first-order valence-electron chi connectivity index (χ1n) is 9.88. The van der Waals surface area contributed by atoms with Crippen LogP contribution in [-0.2, 0) is 17.9 Å². The molecule has 0 aliphatic heterocycles. The summed E-state index contributed by atoms with van der Waals surface area (Å²) in [6.45, 7) is 5.90. The SMILES string of the molecule is Cc1ccc(-n2nc3c(=O)n(CC(=O)NCc4ccc(Cl)cc4)nc(C)c3c2C)cc1. The zero-order valence-corrected chi connectivity index (χ0v) is 18.3. The molecule has 7 nitrogen and oxygen atoms in total. The summed E-state index contributed by atoms with van der Waals surface area (Å²) in [4.78, 5) is 25.4. The second kappa shape index (κ2) is 8.35. The van der Waals surface area contributed by atoms with Crippen LogP contribution in [0.2, 0.25) is 5.02 Å². The zero-order valence-electron chi connectivity index (χ0n) is 17.5. The molecule has 0 atom stereocenters. The molecule has 0 aliphatic rings. The van der Waals surface area contributed by atoms with Crippen LogP contribution in [0.4, 0.5) is 0 Å². The van der Waals surface area contributed by atoms with E-state index in [1.165, 1.54) is 4.68 Å². The third-order valence-electron chi connectivity index (χ3n) is 5.16. The summed E-state index contributed by atoms with van der Waals surface area (Å²) < 4.78 is 2.91. The van der Waals surface area contributed by atoms with Crippen molar-refractivity contribution in [3.8, 4) is 5.69 Å². The molecule has 0 saturated heterocycles. The van der Waals surface area contributed by atoms with Crippen molar-refractivity contribution in [1.29, 1.82) is 0 Å². The van der Waals surface area contributed by atoms with Crippen molar-refractivity contribution >= 4 is 28.4 Å². The van der Waals surface area contributed by atoms with Crippen LogP contribution in [0.1, 0.15) is 22.5 Å². The minimum Gasteiger partial charge on any atom is -0.350 e. The smallest absolute Gasteiger partial charge is 0.295 e. The van der Waals surface area contributed by atoms with Gasteiger partial charge in [0.25, 0.3) is 5.56 Å². The van der Waals surface area contributed by atoms with Gasteiger partial charge in [0.15, 0.2) is 5.52 Å². The van der Waals surface area contributed by atoms with E-state index in [-0.39, 0.29) is 12.5 Å². The Morgan fingerprint density at radius 2 is 1.68 bits per heavy atom. The highest BCUT2D eigenvalue weighted by Crippen LogP contribution is 2.21. The van der Waals surface area contributed by atoms with Crippen LogP contribution in [0.25, 0.3) is 16.6 Å². The van der Waals surface area contributed by atoms with Gasteiger partial charge < -0.3 is 5.32 Å². The Hall–Kier alpha value is -3.45. The van der Waals surface area contributed by atoms with E-state index in [4.69, 9.17) is 11.6 Å². The average Bonchev–Trinajstić information content (AvgIpc) is 3.10. The van der Waals surface area contributed by atoms with Crippen molar-refractivity contribution in [2.45, 2.75) is 33.9 Å². The summed E-state index contributed by atoms with van der Waals surface area (Å²) in [5.41, 5.74) is 4.31. The van der Waals surface area contributed by atoms with Gasteiger partial charge in [0.2, 0.25) is 5.91 Å². The van der Waals surface area contributed by atoms with Gasteiger partial charge >= 0.3 is 0 Å². The van der Waals surface area contributed by atoms with Gasteiger partial charge in [0.1, 0.15) is 6.54 Å². The highest BCUT2D eigenvalue weighted by atomic mass is 35.5. The number of aromatic nitrogens is 4. The first-order valence-corrected chi connectivity index (χ1v) is 10.3. The van der Waals surface area contributed by atoms with E-state index in [1.54, 1.807) is 16.8 Å². The Balaban J connectivity index is 1.61. The van der Waals surface area contributed by atoms with Crippen LogP contribution >= 0.6 is 11.6 Å². The third kappa shape index (κ3) is 4.22. The van der Waals surface area contributed by atoms with Crippen LogP contribution in [0.15, 0.2) is 53.3 Å². The van der Waals surface area contributed by atoms with E-state index >= 15 is 0 Å². The monoisotopic (exact) mass is 435 g/mol. The molecule has 4 aromatic rings. The fourth-order valence-electron chi connectivity index (χ4n) is 3.52. The molecule has 8 heteroatoms. The molecular weight excluding hydrogens is 414 g/mol. The number of halogens is 1. The van der Waals surface area contributed by atoms with Gasteiger partial charge in [-0.25, -0.2) is 9.36 Å². The van der Waals surface area contributed by atoms with Gasteiger partial charge in [-0.1, -0.05) is 41.4 Å². The van der Waals surface area contributed by atoms with Gasteiger partial charge in [0, 0.05) is 11.6 Å². The van der Waals surface area contributed by atoms with E-state index in [0.29, 0.717) is 28.2 Å². The molecule has 1 N–H and O–H groups in total. The number of hydrogen-bond donors (Lipinski definition) is 1. The average molecular weight is 436 g/mol. The summed E-state index contributed by atoms with van der Waals surface area (Å²) in [5, 5.41) is 13.1.